The Balaban J connectivity index is 0.00000529. The van der Waals surface area contributed by atoms with E-state index in [2.05, 4.69) is 34.6 Å². The second-order valence-electron chi connectivity index (χ2n) is 5.54. The standard InChI is InChI=1S/C16H30N6O.HI/c1-7-13-12(14(8-2)22(6)20-13)10-18-16(17-9-3)19-11-15(23)21(4)5;/h7-11H2,1-6H3,(H2,17,18,19);1H. The summed E-state index contributed by atoms with van der Waals surface area (Å²) in [5.74, 6) is 0.663. The Morgan fingerprint density at radius 2 is 1.88 bits per heavy atom. The zero-order valence-electron chi connectivity index (χ0n) is 15.6. The molecule has 0 spiro atoms. The zero-order valence-corrected chi connectivity index (χ0v) is 18.0. The Labute approximate surface area is 162 Å². The molecule has 7 nitrogen and oxygen atoms in total. The average molecular weight is 450 g/mol. The van der Waals surface area contributed by atoms with E-state index in [1.807, 2.05) is 18.7 Å². The maximum Gasteiger partial charge on any atom is 0.241 e. The van der Waals surface area contributed by atoms with Gasteiger partial charge in [-0.05, 0) is 19.8 Å². The predicted octanol–water partition coefficient (Wildman–Crippen LogP) is 1.31. The fourth-order valence-corrected chi connectivity index (χ4v) is 2.39. The van der Waals surface area contributed by atoms with Gasteiger partial charge in [-0.3, -0.25) is 9.48 Å². The van der Waals surface area contributed by atoms with Crippen LogP contribution in [0.5, 0.6) is 0 Å². The molecule has 8 heteroatoms. The molecule has 24 heavy (non-hydrogen) atoms. The lowest BCUT2D eigenvalue weighted by molar-refractivity contribution is -0.127. The van der Waals surface area contributed by atoms with Crippen molar-refractivity contribution in [3.05, 3.63) is 17.0 Å². The van der Waals surface area contributed by atoms with E-state index < -0.39 is 0 Å². The van der Waals surface area contributed by atoms with Gasteiger partial charge in [0.05, 0.1) is 18.8 Å². The Morgan fingerprint density at radius 3 is 2.38 bits per heavy atom. The molecule has 138 valence electrons. The van der Waals surface area contributed by atoms with E-state index in [9.17, 15) is 4.79 Å². The molecule has 1 aromatic heterocycles. The van der Waals surface area contributed by atoms with Crippen LogP contribution >= 0.6 is 24.0 Å². The lowest BCUT2D eigenvalue weighted by atomic mass is 10.1. The van der Waals surface area contributed by atoms with Crippen molar-refractivity contribution in [1.29, 1.82) is 0 Å². The molecule has 1 heterocycles. The number of halogens is 1. The normalized spacial score (nSPS) is 11.0. The fourth-order valence-electron chi connectivity index (χ4n) is 2.39. The number of likely N-dealkylation sites (N-methyl/N-ethyl adjacent to an activating group) is 1. The topological polar surface area (TPSA) is 74.5 Å². The Hall–Kier alpha value is -1.32. The van der Waals surface area contributed by atoms with Crippen molar-refractivity contribution in [2.24, 2.45) is 12.0 Å². The molecule has 0 aliphatic carbocycles. The first-order chi connectivity index (χ1) is 10.9. The summed E-state index contributed by atoms with van der Waals surface area (Å²) in [6.45, 7) is 7.77. The summed E-state index contributed by atoms with van der Waals surface area (Å²) in [4.78, 5) is 17.9. The highest BCUT2D eigenvalue weighted by Gasteiger charge is 2.13. The Morgan fingerprint density at radius 1 is 1.21 bits per heavy atom. The van der Waals surface area contributed by atoms with E-state index in [0.29, 0.717) is 12.5 Å². The summed E-state index contributed by atoms with van der Waals surface area (Å²) in [5.41, 5.74) is 3.49. The van der Waals surface area contributed by atoms with E-state index in [0.717, 1.165) is 25.1 Å². The van der Waals surface area contributed by atoms with Crippen molar-refractivity contribution in [2.75, 3.05) is 27.2 Å². The third-order valence-corrected chi connectivity index (χ3v) is 3.67. The molecule has 0 aliphatic heterocycles. The van der Waals surface area contributed by atoms with Gasteiger partial charge in [-0.1, -0.05) is 13.8 Å². The van der Waals surface area contributed by atoms with Crippen LogP contribution in [0.1, 0.15) is 37.7 Å². The lowest BCUT2D eigenvalue weighted by Crippen LogP contribution is -2.42. The Kier molecular flexibility index (Phi) is 10.7. The minimum absolute atomic E-state index is 0. The number of carbonyl (C=O) groups is 1. The first kappa shape index (κ1) is 22.7. The van der Waals surface area contributed by atoms with Crippen molar-refractivity contribution in [2.45, 2.75) is 40.2 Å². The average Bonchev–Trinajstić information content (AvgIpc) is 2.84. The first-order valence-corrected chi connectivity index (χ1v) is 8.20. The van der Waals surface area contributed by atoms with Crippen molar-refractivity contribution in [3.8, 4) is 0 Å². The highest BCUT2D eigenvalue weighted by atomic mass is 127. The third-order valence-electron chi connectivity index (χ3n) is 3.67. The summed E-state index contributed by atoms with van der Waals surface area (Å²) in [6.07, 6.45) is 1.82. The van der Waals surface area contributed by atoms with Gasteiger partial charge in [0.1, 0.15) is 0 Å². The summed E-state index contributed by atoms with van der Waals surface area (Å²) in [6, 6.07) is 0. The van der Waals surface area contributed by atoms with Crippen LogP contribution < -0.4 is 10.6 Å². The number of carbonyl (C=O) groups excluding carboxylic acids is 1. The second-order valence-corrected chi connectivity index (χ2v) is 5.54. The number of nitrogens with zero attached hydrogens (tertiary/aromatic N) is 4. The van der Waals surface area contributed by atoms with Crippen LogP contribution in [0.2, 0.25) is 0 Å². The van der Waals surface area contributed by atoms with Gasteiger partial charge in [-0.15, -0.1) is 24.0 Å². The molecule has 2 N–H and O–H groups in total. The molecule has 0 aromatic carbocycles. The summed E-state index contributed by atoms with van der Waals surface area (Å²) in [7, 11) is 5.46. The summed E-state index contributed by atoms with van der Waals surface area (Å²) < 4.78 is 1.94. The van der Waals surface area contributed by atoms with Crippen LogP contribution in [0.25, 0.3) is 0 Å². The van der Waals surface area contributed by atoms with Gasteiger partial charge in [0.2, 0.25) is 5.91 Å². The maximum atomic E-state index is 11.7. The maximum absolute atomic E-state index is 11.7. The molecule has 0 saturated carbocycles. The van der Waals surface area contributed by atoms with E-state index in [-0.39, 0.29) is 36.4 Å². The van der Waals surface area contributed by atoms with Crippen LogP contribution in [0.3, 0.4) is 0 Å². The number of aromatic nitrogens is 2. The smallest absolute Gasteiger partial charge is 0.241 e. The molecule has 0 saturated heterocycles. The molecule has 0 aliphatic rings. The van der Waals surface area contributed by atoms with Crippen molar-refractivity contribution >= 4 is 35.8 Å². The van der Waals surface area contributed by atoms with Gasteiger partial charge < -0.3 is 15.5 Å². The highest BCUT2D eigenvalue weighted by molar-refractivity contribution is 14.0. The van der Waals surface area contributed by atoms with Gasteiger partial charge >= 0.3 is 0 Å². The van der Waals surface area contributed by atoms with Crippen LogP contribution in [0, 0.1) is 0 Å². The van der Waals surface area contributed by atoms with Gasteiger partial charge in [-0.25, -0.2) is 4.99 Å². The van der Waals surface area contributed by atoms with Crippen LogP contribution in [0.4, 0.5) is 0 Å². The number of guanidine groups is 1. The second kappa shape index (κ2) is 11.3. The molecule has 0 bridgehead atoms. The largest absolute Gasteiger partial charge is 0.357 e. The molecule has 0 atom stereocenters. The van der Waals surface area contributed by atoms with Gasteiger partial charge in [-0.2, -0.15) is 5.10 Å². The number of aliphatic imine (C=N–C) groups is 1. The third kappa shape index (κ3) is 6.29. The lowest BCUT2D eigenvalue weighted by Gasteiger charge is -2.14. The number of hydrogen-bond donors (Lipinski definition) is 2. The van der Waals surface area contributed by atoms with Crippen LogP contribution in [-0.2, 0) is 31.2 Å². The Bertz CT molecular complexity index is 553. The van der Waals surface area contributed by atoms with E-state index in [1.165, 1.54) is 11.3 Å². The van der Waals surface area contributed by atoms with E-state index >= 15 is 0 Å². The number of amides is 1. The minimum atomic E-state index is 0. The minimum Gasteiger partial charge on any atom is -0.357 e. The van der Waals surface area contributed by atoms with Crippen molar-refractivity contribution in [1.82, 2.24) is 25.3 Å². The molecular formula is C16H31IN6O. The SMILES string of the molecule is CCNC(=NCc1c(CC)nn(C)c1CC)NCC(=O)N(C)C.I. The number of rotatable bonds is 7. The molecular weight excluding hydrogens is 419 g/mol. The van der Waals surface area contributed by atoms with Gasteiger partial charge in [0.25, 0.3) is 0 Å². The van der Waals surface area contributed by atoms with Crippen molar-refractivity contribution in [3.63, 3.8) is 0 Å². The first-order valence-electron chi connectivity index (χ1n) is 8.20. The quantitative estimate of drug-likeness (QED) is 0.373. The fraction of sp³-hybridized carbons (Fsp3) is 0.688. The number of hydrogen-bond acceptors (Lipinski definition) is 3. The summed E-state index contributed by atoms with van der Waals surface area (Å²) >= 11 is 0. The number of nitrogens with one attached hydrogen (secondary N) is 2. The van der Waals surface area contributed by atoms with Crippen molar-refractivity contribution < 1.29 is 4.79 Å². The highest BCUT2D eigenvalue weighted by Crippen LogP contribution is 2.16. The molecule has 1 amide bonds. The van der Waals surface area contributed by atoms with Gasteiger partial charge in [0.15, 0.2) is 5.96 Å². The predicted molar refractivity (Wildman–Crippen MR) is 109 cm³/mol. The molecule has 0 radical (unpaired) electrons. The van der Waals surface area contributed by atoms with E-state index in [4.69, 9.17) is 0 Å². The molecule has 0 fully saturated rings. The monoisotopic (exact) mass is 450 g/mol. The van der Waals surface area contributed by atoms with Crippen LogP contribution in [-0.4, -0.2) is 53.7 Å². The summed E-state index contributed by atoms with van der Waals surface area (Å²) in [5, 5.41) is 10.8. The molecule has 1 rings (SSSR count). The molecule has 0 unspecified atom stereocenters. The zero-order chi connectivity index (χ0) is 17.4. The number of aryl methyl sites for hydroxylation is 2. The van der Waals surface area contributed by atoms with Crippen LogP contribution in [0.15, 0.2) is 4.99 Å². The van der Waals surface area contributed by atoms with Gasteiger partial charge in [0, 0.05) is 38.9 Å². The molecule has 1 aromatic rings. The van der Waals surface area contributed by atoms with E-state index in [1.54, 1.807) is 19.0 Å².